The monoisotopic (exact) mass is 467 g/mol. The van der Waals surface area contributed by atoms with Gasteiger partial charge in [-0.15, -0.1) is 0 Å². The maximum absolute atomic E-state index is 13.6. The lowest BCUT2D eigenvalue weighted by atomic mass is 9.72. The highest BCUT2D eigenvalue weighted by Crippen LogP contribution is 2.45. The third-order valence-corrected chi connectivity index (χ3v) is 6.87. The van der Waals surface area contributed by atoms with Gasteiger partial charge in [0.2, 0.25) is 0 Å². The molecule has 1 aliphatic carbocycles. The van der Waals surface area contributed by atoms with E-state index in [0.29, 0.717) is 29.8 Å². The highest BCUT2D eigenvalue weighted by Gasteiger charge is 2.41. The van der Waals surface area contributed by atoms with Gasteiger partial charge in [0.25, 0.3) is 5.91 Å². The van der Waals surface area contributed by atoms with Gasteiger partial charge >= 0.3 is 0 Å². The van der Waals surface area contributed by atoms with Crippen LogP contribution in [0.1, 0.15) is 61.1 Å². The molecule has 0 unspecified atom stereocenters. The van der Waals surface area contributed by atoms with E-state index in [0.717, 1.165) is 34.8 Å². The molecule has 6 nitrogen and oxygen atoms in total. The second-order valence-corrected chi connectivity index (χ2v) is 9.25. The van der Waals surface area contributed by atoms with Crippen molar-refractivity contribution in [3.05, 3.63) is 106 Å². The molecule has 6 heteroatoms. The lowest BCUT2D eigenvalue weighted by molar-refractivity contribution is -0.116. The van der Waals surface area contributed by atoms with Crippen LogP contribution in [-0.2, 0) is 16.0 Å². The van der Waals surface area contributed by atoms with E-state index in [2.05, 4.69) is 34.7 Å². The molecule has 1 aliphatic heterocycles. The van der Waals surface area contributed by atoms with Gasteiger partial charge in [-0.2, -0.15) is 0 Å². The van der Waals surface area contributed by atoms with E-state index < -0.39 is 5.92 Å². The van der Waals surface area contributed by atoms with Gasteiger partial charge in [-0.05, 0) is 62.1 Å². The van der Waals surface area contributed by atoms with E-state index in [-0.39, 0.29) is 17.6 Å². The number of hydrogen-bond donors (Lipinski definition) is 2. The van der Waals surface area contributed by atoms with Crippen molar-refractivity contribution in [2.24, 2.45) is 0 Å². The fourth-order valence-electron chi connectivity index (χ4n) is 5.14. The molecule has 3 heterocycles. The van der Waals surface area contributed by atoms with Gasteiger partial charge in [0.15, 0.2) is 5.78 Å². The number of amides is 1. The number of hydrogen-bond acceptors (Lipinski definition) is 5. The molecule has 178 valence electrons. The summed E-state index contributed by atoms with van der Waals surface area (Å²) in [7, 11) is 0. The number of rotatable bonds is 5. The topological polar surface area (TPSA) is 84.2 Å². The van der Waals surface area contributed by atoms with Crippen LogP contribution < -0.4 is 10.6 Å². The predicted molar refractivity (Wildman–Crippen MR) is 135 cm³/mol. The zero-order valence-electron chi connectivity index (χ0n) is 20.2. The molecule has 0 bridgehead atoms. The minimum atomic E-state index is -0.452. The Bertz CT molecular complexity index is 1330. The van der Waals surface area contributed by atoms with Crippen molar-refractivity contribution >= 4 is 17.5 Å². The van der Waals surface area contributed by atoms with E-state index in [9.17, 15) is 9.59 Å². The van der Waals surface area contributed by atoms with E-state index in [4.69, 9.17) is 4.42 Å². The normalized spacial score (nSPS) is 19.9. The van der Waals surface area contributed by atoms with Crippen LogP contribution in [0.3, 0.4) is 0 Å². The number of benzene rings is 1. The Balaban J connectivity index is 1.56. The van der Waals surface area contributed by atoms with Crippen LogP contribution in [0.15, 0.2) is 87.8 Å². The maximum Gasteiger partial charge on any atom is 0.255 e. The second-order valence-electron chi connectivity index (χ2n) is 9.25. The minimum Gasteiger partial charge on any atom is -0.469 e. The van der Waals surface area contributed by atoms with Crippen LogP contribution in [-0.4, -0.2) is 16.7 Å². The molecular formula is C29H29N3O3. The van der Waals surface area contributed by atoms with Gasteiger partial charge in [0.05, 0.1) is 6.26 Å². The van der Waals surface area contributed by atoms with Crippen LogP contribution in [0.4, 0.5) is 5.82 Å². The molecule has 0 saturated heterocycles. The van der Waals surface area contributed by atoms with Crippen LogP contribution in [0.2, 0.25) is 0 Å². The Morgan fingerprint density at radius 3 is 2.57 bits per heavy atom. The molecule has 2 atom stereocenters. The first kappa shape index (κ1) is 22.8. The number of ketones is 1. The van der Waals surface area contributed by atoms with Crippen molar-refractivity contribution in [2.45, 2.75) is 51.9 Å². The van der Waals surface area contributed by atoms with Gasteiger partial charge < -0.3 is 15.1 Å². The molecule has 5 rings (SSSR count). The summed E-state index contributed by atoms with van der Waals surface area (Å²) < 4.78 is 5.61. The maximum atomic E-state index is 13.6. The van der Waals surface area contributed by atoms with Crippen LogP contribution in [0, 0.1) is 6.92 Å². The Kier molecular flexibility index (Phi) is 6.12. The number of pyridine rings is 1. The second kappa shape index (κ2) is 9.37. The first-order valence-corrected chi connectivity index (χ1v) is 12.1. The molecule has 2 aliphatic rings. The molecule has 35 heavy (non-hydrogen) atoms. The fourth-order valence-corrected chi connectivity index (χ4v) is 5.14. The van der Waals surface area contributed by atoms with Crippen molar-refractivity contribution in [1.82, 2.24) is 10.3 Å². The first-order chi connectivity index (χ1) is 16.9. The quantitative estimate of drug-likeness (QED) is 0.514. The highest BCUT2D eigenvalue weighted by molar-refractivity contribution is 6.09. The fraction of sp³-hybridized carbons (Fsp3) is 0.276. The number of carbonyl (C=O) groups is 2. The van der Waals surface area contributed by atoms with Crippen LogP contribution in [0.5, 0.6) is 0 Å². The number of allylic oxidation sites excluding steroid dienone is 3. The van der Waals surface area contributed by atoms with E-state index >= 15 is 0 Å². The molecule has 2 aromatic heterocycles. The zero-order valence-corrected chi connectivity index (χ0v) is 20.2. The predicted octanol–water partition coefficient (Wildman–Crippen LogP) is 5.55. The Hall–Kier alpha value is -3.93. The van der Waals surface area contributed by atoms with Crippen LogP contribution in [0.25, 0.3) is 0 Å². The van der Waals surface area contributed by atoms with Crippen molar-refractivity contribution in [2.75, 3.05) is 5.32 Å². The standard InChI is InChI=1S/C29H29N3O3/c1-4-19-10-12-20(13-11-19)27-26(29(34)32-25-9-5-7-17(2)30-25)18(3)31-22-15-21(16-23(33)28(22)27)24-8-6-14-35-24/h5-14,21,27,31H,4,15-16H2,1-3H3,(H,30,32,34)/t21-,27+/m0/s1. The summed E-state index contributed by atoms with van der Waals surface area (Å²) in [6.07, 6.45) is 3.57. The van der Waals surface area contributed by atoms with Crippen LogP contribution >= 0.6 is 0 Å². The average Bonchev–Trinajstić information content (AvgIpc) is 3.38. The Labute approximate surface area is 205 Å². The van der Waals surface area contributed by atoms with Crippen molar-refractivity contribution < 1.29 is 14.0 Å². The molecule has 1 aromatic carbocycles. The highest BCUT2D eigenvalue weighted by atomic mass is 16.3. The van der Waals surface area contributed by atoms with Gasteiger partial charge in [-0.3, -0.25) is 9.59 Å². The van der Waals surface area contributed by atoms with E-state index in [1.807, 2.05) is 50.2 Å². The average molecular weight is 468 g/mol. The summed E-state index contributed by atoms with van der Waals surface area (Å²) in [5.41, 5.74) is 5.79. The number of anilines is 1. The SMILES string of the molecule is CCc1ccc([C@@H]2C(C(=O)Nc3cccc(C)n3)=C(C)NC3=C2C(=O)C[C@@H](c2ccco2)C3)cc1. The lowest BCUT2D eigenvalue weighted by Crippen LogP contribution is -2.37. The summed E-state index contributed by atoms with van der Waals surface area (Å²) in [5, 5.41) is 6.36. The first-order valence-electron chi connectivity index (χ1n) is 12.1. The smallest absolute Gasteiger partial charge is 0.255 e. The Morgan fingerprint density at radius 2 is 1.89 bits per heavy atom. The van der Waals surface area contributed by atoms with Crippen molar-refractivity contribution in [3.63, 3.8) is 0 Å². The van der Waals surface area contributed by atoms with Crippen molar-refractivity contribution in [1.29, 1.82) is 0 Å². The summed E-state index contributed by atoms with van der Waals surface area (Å²) in [6, 6.07) is 17.5. The van der Waals surface area contributed by atoms with Gasteiger partial charge in [0.1, 0.15) is 11.6 Å². The lowest BCUT2D eigenvalue weighted by Gasteiger charge is -2.36. The minimum absolute atomic E-state index is 0.0217. The van der Waals surface area contributed by atoms with Gasteiger partial charge in [-0.1, -0.05) is 37.3 Å². The molecule has 0 radical (unpaired) electrons. The number of aryl methyl sites for hydroxylation is 2. The number of dihydropyridines is 1. The zero-order chi connectivity index (χ0) is 24.5. The molecule has 0 spiro atoms. The number of Topliss-reactive ketones (excluding diaryl/α,β-unsaturated/α-hetero) is 1. The van der Waals surface area contributed by atoms with Gasteiger partial charge in [0, 0.05) is 46.5 Å². The molecule has 0 saturated carbocycles. The number of nitrogens with one attached hydrogen (secondary N) is 2. The summed E-state index contributed by atoms with van der Waals surface area (Å²) in [6.45, 7) is 5.89. The summed E-state index contributed by atoms with van der Waals surface area (Å²) in [4.78, 5) is 31.7. The number of furan rings is 1. The third-order valence-electron chi connectivity index (χ3n) is 6.87. The number of nitrogens with zero attached hydrogens (tertiary/aromatic N) is 1. The van der Waals surface area contributed by atoms with E-state index in [1.165, 1.54) is 5.56 Å². The summed E-state index contributed by atoms with van der Waals surface area (Å²) in [5.74, 6) is 0.606. The van der Waals surface area contributed by atoms with E-state index in [1.54, 1.807) is 12.3 Å². The third kappa shape index (κ3) is 4.44. The molecule has 2 N–H and O–H groups in total. The molecule has 1 amide bonds. The number of aromatic nitrogens is 1. The summed E-state index contributed by atoms with van der Waals surface area (Å²) >= 11 is 0. The van der Waals surface area contributed by atoms with Gasteiger partial charge in [-0.25, -0.2) is 4.98 Å². The largest absolute Gasteiger partial charge is 0.469 e. The Morgan fingerprint density at radius 1 is 1.09 bits per heavy atom. The molecule has 3 aromatic rings. The number of carbonyl (C=O) groups excluding carboxylic acids is 2. The molecular weight excluding hydrogens is 438 g/mol. The molecule has 0 fully saturated rings. The van der Waals surface area contributed by atoms with Crippen molar-refractivity contribution in [3.8, 4) is 0 Å².